The lowest BCUT2D eigenvalue weighted by Crippen LogP contribution is -2.32. The Kier molecular flexibility index (Phi) is 4.51. The van der Waals surface area contributed by atoms with E-state index in [0.29, 0.717) is 18.2 Å². The number of carbonyl (C=O) groups is 3. The fourth-order valence-corrected chi connectivity index (χ4v) is 1.91. The molecule has 1 atom stereocenters. The van der Waals surface area contributed by atoms with Gasteiger partial charge in [-0.2, -0.15) is 0 Å². The monoisotopic (exact) mass is 295 g/mol. The Labute approximate surface area is 121 Å². The van der Waals surface area contributed by atoms with Crippen molar-refractivity contribution in [3.63, 3.8) is 0 Å². The Morgan fingerprint density at radius 2 is 2.05 bits per heavy atom. The van der Waals surface area contributed by atoms with E-state index in [1.54, 1.807) is 7.05 Å². The van der Waals surface area contributed by atoms with Gasteiger partial charge in [-0.25, -0.2) is 4.79 Å². The number of hydrogen-bond donors (Lipinski definition) is 2. The molecule has 1 aliphatic heterocycles. The van der Waals surface area contributed by atoms with Gasteiger partial charge in [0.15, 0.2) is 0 Å². The van der Waals surface area contributed by atoms with E-state index in [9.17, 15) is 14.4 Å². The van der Waals surface area contributed by atoms with Crippen molar-refractivity contribution in [2.45, 2.75) is 38.8 Å². The predicted octanol–water partition coefficient (Wildman–Crippen LogP) is -0.421. The fourth-order valence-electron chi connectivity index (χ4n) is 1.91. The molecule has 1 fully saturated rings. The molecule has 0 aliphatic carbocycles. The van der Waals surface area contributed by atoms with Gasteiger partial charge in [-0.15, -0.1) is 10.2 Å². The lowest BCUT2D eigenvalue weighted by molar-refractivity contribution is -0.131. The second-order valence-corrected chi connectivity index (χ2v) is 4.75. The highest BCUT2D eigenvalue weighted by Gasteiger charge is 2.29. The summed E-state index contributed by atoms with van der Waals surface area (Å²) in [6.45, 7) is 2.11. The van der Waals surface area contributed by atoms with Crippen LogP contribution in [0.2, 0.25) is 0 Å². The number of rotatable bonds is 6. The Hall–Kier alpha value is -2.45. The highest BCUT2D eigenvalue weighted by Crippen LogP contribution is 2.08. The van der Waals surface area contributed by atoms with Crippen LogP contribution in [0, 0.1) is 0 Å². The minimum atomic E-state index is -0.648. The quantitative estimate of drug-likeness (QED) is 0.688. The van der Waals surface area contributed by atoms with Crippen LogP contribution < -0.4 is 10.6 Å². The van der Waals surface area contributed by atoms with Crippen LogP contribution >= 0.6 is 0 Å². The van der Waals surface area contributed by atoms with E-state index >= 15 is 0 Å². The minimum Gasteiger partial charge on any atom is -0.423 e. The normalized spacial score (nSPS) is 17.5. The summed E-state index contributed by atoms with van der Waals surface area (Å²) in [5, 5.41) is 12.2. The second kappa shape index (κ2) is 6.33. The number of nitrogens with zero attached hydrogens (tertiary/aromatic N) is 3. The van der Waals surface area contributed by atoms with Gasteiger partial charge in [-0.3, -0.25) is 14.9 Å². The summed E-state index contributed by atoms with van der Waals surface area (Å²) in [7, 11) is 1.62. The van der Waals surface area contributed by atoms with Gasteiger partial charge in [0.25, 0.3) is 5.91 Å². The van der Waals surface area contributed by atoms with E-state index in [1.165, 1.54) is 4.90 Å². The Morgan fingerprint density at radius 3 is 2.62 bits per heavy atom. The summed E-state index contributed by atoms with van der Waals surface area (Å²) >= 11 is 0. The molecule has 1 aromatic rings. The number of aryl methyl sites for hydroxylation is 1. The number of hydrogen-bond acceptors (Lipinski definition) is 6. The Balaban J connectivity index is 1.79. The Bertz CT molecular complexity index is 556. The first-order valence-electron chi connectivity index (χ1n) is 6.66. The van der Waals surface area contributed by atoms with Crippen molar-refractivity contribution < 1.29 is 18.8 Å². The van der Waals surface area contributed by atoms with Gasteiger partial charge < -0.3 is 14.6 Å². The maximum Gasteiger partial charge on any atom is 0.322 e. The van der Waals surface area contributed by atoms with Crippen molar-refractivity contribution in [1.82, 2.24) is 25.7 Å². The van der Waals surface area contributed by atoms with Gasteiger partial charge in [0.1, 0.15) is 6.04 Å². The van der Waals surface area contributed by atoms with E-state index in [1.807, 2.05) is 6.92 Å². The standard InChI is InChI=1S/C12H17N5O4/c1-3-8-15-16-9(21-8)6-17(2)10(18)5-4-7-11(19)14-12(20)13-7/h7H,3-6H2,1-2H3,(H2,13,14,19,20)/t7-/m0/s1. The van der Waals surface area contributed by atoms with Crippen LogP contribution in [-0.4, -0.2) is 46.0 Å². The number of aromatic nitrogens is 2. The Morgan fingerprint density at radius 1 is 1.33 bits per heavy atom. The number of carbonyl (C=O) groups excluding carboxylic acids is 3. The van der Waals surface area contributed by atoms with Crippen molar-refractivity contribution in [3.05, 3.63) is 11.8 Å². The lowest BCUT2D eigenvalue weighted by atomic mass is 10.1. The van der Waals surface area contributed by atoms with Crippen molar-refractivity contribution in [3.8, 4) is 0 Å². The van der Waals surface area contributed by atoms with Gasteiger partial charge >= 0.3 is 6.03 Å². The van der Waals surface area contributed by atoms with Gasteiger partial charge in [-0.1, -0.05) is 6.92 Å². The van der Waals surface area contributed by atoms with E-state index in [-0.39, 0.29) is 25.3 Å². The van der Waals surface area contributed by atoms with Gasteiger partial charge in [-0.05, 0) is 6.42 Å². The molecule has 9 nitrogen and oxygen atoms in total. The van der Waals surface area contributed by atoms with Crippen LogP contribution in [0.1, 0.15) is 31.5 Å². The van der Waals surface area contributed by atoms with Crippen molar-refractivity contribution in [2.24, 2.45) is 0 Å². The average molecular weight is 295 g/mol. The van der Waals surface area contributed by atoms with Crippen LogP contribution in [0.4, 0.5) is 4.79 Å². The van der Waals surface area contributed by atoms with Crippen molar-refractivity contribution >= 4 is 17.8 Å². The molecule has 1 aliphatic rings. The summed E-state index contributed by atoms with van der Waals surface area (Å²) in [5.74, 6) is 0.325. The minimum absolute atomic E-state index is 0.142. The van der Waals surface area contributed by atoms with E-state index in [2.05, 4.69) is 20.8 Å². The number of amides is 4. The van der Waals surface area contributed by atoms with E-state index < -0.39 is 18.0 Å². The first-order valence-corrected chi connectivity index (χ1v) is 6.66. The van der Waals surface area contributed by atoms with E-state index in [4.69, 9.17) is 4.42 Å². The molecule has 0 unspecified atom stereocenters. The number of nitrogens with one attached hydrogen (secondary N) is 2. The third-order valence-corrected chi connectivity index (χ3v) is 3.11. The maximum absolute atomic E-state index is 12.0. The smallest absolute Gasteiger partial charge is 0.322 e. The SMILES string of the molecule is CCc1nnc(CN(C)C(=O)CC[C@@H]2NC(=O)NC2=O)o1. The first-order chi connectivity index (χ1) is 9.99. The predicted molar refractivity (Wildman–Crippen MR) is 69.8 cm³/mol. The van der Waals surface area contributed by atoms with Crippen LogP contribution in [0.5, 0.6) is 0 Å². The van der Waals surface area contributed by atoms with Gasteiger partial charge in [0.2, 0.25) is 17.7 Å². The van der Waals surface area contributed by atoms with Crippen LogP contribution in [0.3, 0.4) is 0 Å². The molecule has 9 heteroatoms. The molecular formula is C12H17N5O4. The molecule has 2 N–H and O–H groups in total. The highest BCUT2D eigenvalue weighted by molar-refractivity contribution is 6.04. The second-order valence-electron chi connectivity index (χ2n) is 4.75. The summed E-state index contributed by atoms with van der Waals surface area (Å²) < 4.78 is 5.33. The molecule has 0 radical (unpaired) electrons. The zero-order valence-corrected chi connectivity index (χ0v) is 11.9. The zero-order valence-electron chi connectivity index (χ0n) is 11.9. The van der Waals surface area contributed by atoms with Crippen LogP contribution in [0.15, 0.2) is 4.42 Å². The molecule has 4 amide bonds. The largest absolute Gasteiger partial charge is 0.423 e. The topological polar surface area (TPSA) is 117 Å². The van der Waals surface area contributed by atoms with Crippen LogP contribution in [-0.2, 0) is 22.6 Å². The molecule has 2 heterocycles. The molecule has 2 rings (SSSR count). The average Bonchev–Trinajstić information content (AvgIpc) is 3.02. The maximum atomic E-state index is 12.0. The molecule has 0 aromatic carbocycles. The molecule has 1 aromatic heterocycles. The van der Waals surface area contributed by atoms with Crippen LogP contribution in [0.25, 0.3) is 0 Å². The first kappa shape index (κ1) is 14.9. The third-order valence-electron chi connectivity index (χ3n) is 3.11. The molecule has 0 saturated carbocycles. The fraction of sp³-hybridized carbons (Fsp3) is 0.583. The summed E-state index contributed by atoms with van der Waals surface area (Å²) in [6, 6.07) is -1.17. The molecule has 114 valence electrons. The van der Waals surface area contributed by atoms with Crippen molar-refractivity contribution in [2.75, 3.05) is 7.05 Å². The summed E-state index contributed by atoms with van der Waals surface area (Å²) in [4.78, 5) is 35.7. The third kappa shape index (κ3) is 3.77. The molecule has 1 saturated heterocycles. The van der Waals surface area contributed by atoms with Gasteiger partial charge in [0.05, 0.1) is 6.54 Å². The zero-order chi connectivity index (χ0) is 15.4. The number of urea groups is 1. The molecule has 0 bridgehead atoms. The molecular weight excluding hydrogens is 278 g/mol. The number of imide groups is 1. The summed E-state index contributed by atoms with van der Waals surface area (Å²) in [6.07, 6.45) is 1.04. The summed E-state index contributed by atoms with van der Waals surface area (Å²) in [5.41, 5.74) is 0. The highest BCUT2D eigenvalue weighted by atomic mass is 16.4. The molecule has 21 heavy (non-hydrogen) atoms. The van der Waals surface area contributed by atoms with Crippen molar-refractivity contribution in [1.29, 1.82) is 0 Å². The van der Waals surface area contributed by atoms with Gasteiger partial charge in [0, 0.05) is 19.9 Å². The lowest BCUT2D eigenvalue weighted by Gasteiger charge is -2.15. The molecule has 0 spiro atoms. The van der Waals surface area contributed by atoms with E-state index in [0.717, 1.165) is 0 Å².